The Labute approximate surface area is 166 Å². The Morgan fingerprint density at radius 2 is 1.97 bits per heavy atom. The number of benzene rings is 1. The number of carbonyl (C=O) groups is 3. The molecule has 29 heavy (non-hydrogen) atoms. The van der Waals surface area contributed by atoms with E-state index in [4.69, 9.17) is 4.74 Å². The van der Waals surface area contributed by atoms with Crippen LogP contribution in [0.15, 0.2) is 12.1 Å². The van der Waals surface area contributed by atoms with E-state index in [1.807, 2.05) is 0 Å². The lowest BCUT2D eigenvalue weighted by molar-refractivity contribution is -0.133. The van der Waals surface area contributed by atoms with Gasteiger partial charge in [-0.05, 0) is 44.0 Å². The zero-order valence-corrected chi connectivity index (χ0v) is 15.7. The lowest BCUT2D eigenvalue weighted by Crippen LogP contribution is -2.56. The Balaban J connectivity index is 1.94. The van der Waals surface area contributed by atoms with E-state index in [0.29, 0.717) is 25.9 Å². The summed E-state index contributed by atoms with van der Waals surface area (Å²) in [6.07, 6.45) is 0.361. The van der Waals surface area contributed by atoms with E-state index in [1.165, 1.54) is 19.2 Å². The van der Waals surface area contributed by atoms with Gasteiger partial charge in [-0.25, -0.2) is 9.59 Å². The first-order valence-electron chi connectivity index (χ1n) is 9.06. The summed E-state index contributed by atoms with van der Waals surface area (Å²) in [7, 11) is -0.858. The van der Waals surface area contributed by atoms with Gasteiger partial charge in [0.05, 0.1) is 13.1 Å². The predicted molar refractivity (Wildman–Crippen MR) is 99.5 cm³/mol. The van der Waals surface area contributed by atoms with Crippen molar-refractivity contribution in [1.82, 2.24) is 15.5 Å². The number of carboxylic acids is 1. The molecule has 0 saturated carbocycles. The molecule has 2 saturated heterocycles. The zero-order chi connectivity index (χ0) is 21.3. The first kappa shape index (κ1) is 20.9. The van der Waals surface area contributed by atoms with Gasteiger partial charge in [-0.1, -0.05) is 6.07 Å². The fraction of sp³-hybridized carbons (Fsp3) is 0.471. The molecule has 0 unspecified atom stereocenters. The van der Waals surface area contributed by atoms with Crippen LogP contribution in [0.25, 0.3) is 0 Å². The third-order valence-corrected chi connectivity index (χ3v) is 5.41. The average Bonchev–Trinajstić information content (AvgIpc) is 2.90. The number of rotatable bonds is 6. The topological polar surface area (TPSA) is 169 Å². The van der Waals surface area contributed by atoms with Crippen LogP contribution >= 0.6 is 0 Å². The smallest absolute Gasteiger partial charge is 0.476 e. The number of phenols is 1. The Bertz CT molecular complexity index is 840. The van der Waals surface area contributed by atoms with Gasteiger partial charge in [0.1, 0.15) is 22.6 Å². The normalized spacial score (nSPS) is 19.2. The fourth-order valence-electron chi connectivity index (χ4n) is 3.85. The molecule has 156 valence electrons. The van der Waals surface area contributed by atoms with E-state index >= 15 is 0 Å². The van der Waals surface area contributed by atoms with Crippen LogP contribution in [0.2, 0.25) is 0 Å². The molecular weight excluding hydrogens is 385 g/mol. The van der Waals surface area contributed by atoms with Crippen molar-refractivity contribution >= 4 is 25.0 Å². The molecule has 3 rings (SSSR count). The lowest BCUT2D eigenvalue weighted by Gasteiger charge is -2.32. The zero-order valence-electron chi connectivity index (χ0n) is 15.7. The number of carboxylic acid groups (broad SMARTS) is 1. The number of hydrogen-bond acceptors (Lipinski definition) is 8. The Morgan fingerprint density at radius 1 is 1.31 bits per heavy atom. The molecule has 6 N–H and O–H groups in total. The summed E-state index contributed by atoms with van der Waals surface area (Å²) in [6, 6.07) is 1.88. The molecule has 11 nitrogen and oxygen atoms in total. The van der Waals surface area contributed by atoms with Crippen LogP contribution in [0.4, 0.5) is 4.79 Å². The summed E-state index contributed by atoms with van der Waals surface area (Å²) in [5.41, 5.74) is -1.58. The SMILES string of the molecule is COc1ccc(C[C@@H](B(O)O)N2C(=O)NC3(CCNCC3)C2=O)c(O)c1C(=O)O. The van der Waals surface area contributed by atoms with Gasteiger partial charge in [0.25, 0.3) is 5.91 Å². The number of nitrogens with zero attached hydrogens (tertiary/aromatic N) is 1. The number of methoxy groups -OCH3 is 1. The molecule has 0 radical (unpaired) electrons. The Morgan fingerprint density at radius 3 is 2.52 bits per heavy atom. The van der Waals surface area contributed by atoms with Crippen molar-refractivity contribution in [3.63, 3.8) is 0 Å². The van der Waals surface area contributed by atoms with Gasteiger partial charge in [-0.3, -0.25) is 9.69 Å². The second-order valence-corrected chi connectivity index (χ2v) is 7.08. The molecule has 12 heteroatoms. The molecule has 2 aliphatic rings. The fourth-order valence-corrected chi connectivity index (χ4v) is 3.85. The number of hydrogen-bond donors (Lipinski definition) is 6. The molecule has 1 aromatic carbocycles. The number of imide groups is 1. The maximum atomic E-state index is 13.0. The van der Waals surface area contributed by atoms with E-state index < -0.39 is 47.8 Å². The highest BCUT2D eigenvalue weighted by atomic mass is 16.5. The molecule has 3 amide bonds. The van der Waals surface area contributed by atoms with Gasteiger partial charge < -0.3 is 35.6 Å². The van der Waals surface area contributed by atoms with E-state index in [0.717, 1.165) is 4.90 Å². The molecule has 1 spiro atoms. The molecule has 0 aliphatic carbocycles. The molecule has 0 aromatic heterocycles. The molecule has 1 aromatic rings. The van der Waals surface area contributed by atoms with E-state index in [-0.39, 0.29) is 17.7 Å². The second-order valence-electron chi connectivity index (χ2n) is 7.08. The number of carbonyl (C=O) groups excluding carboxylic acids is 2. The molecule has 2 heterocycles. The van der Waals surface area contributed by atoms with Gasteiger partial charge in [0, 0.05) is 0 Å². The first-order chi connectivity index (χ1) is 13.7. The van der Waals surface area contributed by atoms with E-state index in [2.05, 4.69) is 10.6 Å². The van der Waals surface area contributed by atoms with Gasteiger partial charge >= 0.3 is 19.1 Å². The maximum Gasteiger partial charge on any atom is 0.476 e. The van der Waals surface area contributed by atoms with Crippen LogP contribution in [-0.2, 0) is 11.2 Å². The molecular formula is C17H22BN3O8. The predicted octanol–water partition coefficient (Wildman–Crippen LogP) is -1.30. The van der Waals surface area contributed by atoms with Crippen LogP contribution in [0.3, 0.4) is 0 Å². The largest absolute Gasteiger partial charge is 0.507 e. The lowest BCUT2D eigenvalue weighted by atomic mass is 9.74. The number of ether oxygens (including phenoxy) is 1. The minimum atomic E-state index is -2.10. The van der Waals surface area contributed by atoms with Crippen LogP contribution in [-0.4, -0.2) is 81.9 Å². The summed E-state index contributed by atoms with van der Waals surface area (Å²) >= 11 is 0. The van der Waals surface area contributed by atoms with Gasteiger partial charge in [0.15, 0.2) is 0 Å². The maximum absolute atomic E-state index is 13.0. The van der Waals surface area contributed by atoms with Crippen LogP contribution in [0.1, 0.15) is 28.8 Å². The third-order valence-electron chi connectivity index (χ3n) is 5.41. The van der Waals surface area contributed by atoms with Crippen LogP contribution in [0.5, 0.6) is 11.5 Å². The highest BCUT2D eigenvalue weighted by Gasteiger charge is 2.55. The average molecular weight is 407 g/mol. The number of piperidine rings is 1. The number of amides is 3. The van der Waals surface area contributed by atoms with Crippen molar-refractivity contribution < 1.29 is 39.4 Å². The standard InChI is InChI=1S/C17H22BN3O8/c1-29-10-3-2-9(13(22)12(10)14(23)24)8-11(18(27)28)21-15(25)17(20-16(21)26)4-6-19-7-5-17/h2-3,11,19,22,27-28H,4-8H2,1H3,(H,20,26)(H,23,24)/t11-/m0/s1. The number of aromatic hydroxyl groups is 1. The van der Waals surface area contributed by atoms with E-state index in [1.54, 1.807) is 0 Å². The third kappa shape index (κ3) is 3.61. The van der Waals surface area contributed by atoms with E-state index in [9.17, 15) is 34.6 Å². The number of nitrogens with one attached hydrogen (secondary N) is 2. The minimum Gasteiger partial charge on any atom is -0.507 e. The molecule has 2 fully saturated rings. The van der Waals surface area contributed by atoms with Crippen molar-refractivity contribution in [2.24, 2.45) is 0 Å². The van der Waals surface area contributed by atoms with Crippen molar-refractivity contribution in [1.29, 1.82) is 0 Å². The van der Waals surface area contributed by atoms with Crippen molar-refractivity contribution in [2.45, 2.75) is 30.7 Å². The molecule has 0 bridgehead atoms. The Hall–Kier alpha value is -2.83. The molecule has 1 atom stereocenters. The highest BCUT2D eigenvalue weighted by Crippen LogP contribution is 2.34. The van der Waals surface area contributed by atoms with Gasteiger partial charge in [-0.2, -0.15) is 0 Å². The summed E-state index contributed by atoms with van der Waals surface area (Å²) in [4.78, 5) is 37.7. The highest BCUT2D eigenvalue weighted by molar-refractivity contribution is 6.44. The Kier molecular flexibility index (Phi) is 5.69. The minimum absolute atomic E-state index is 0.0214. The summed E-state index contributed by atoms with van der Waals surface area (Å²) in [5.74, 6) is -4.15. The summed E-state index contributed by atoms with van der Waals surface area (Å²) in [5, 5.41) is 45.2. The quantitative estimate of drug-likeness (QED) is 0.248. The van der Waals surface area contributed by atoms with Crippen molar-refractivity contribution in [3.05, 3.63) is 23.3 Å². The van der Waals surface area contributed by atoms with Crippen LogP contribution in [0, 0.1) is 0 Å². The number of urea groups is 1. The monoisotopic (exact) mass is 407 g/mol. The number of aromatic carboxylic acids is 1. The van der Waals surface area contributed by atoms with Gasteiger partial charge in [0.2, 0.25) is 0 Å². The second kappa shape index (κ2) is 7.89. The van der Waals surface area contributed by atoms with Crippen molar-refractivity contribution in [3.8, 4) is 11.5 Å². The molecule has 2 aliphatic heterocycles. The van der Waals surface area contributed by atoms with Gasteiger partial charge in [-0.15, -0.1) is 0 Å². The summed E-state index contributed by atoms with van der Waals surface area (Å²) in [6.45, 7) is 1.04. The van der Waals surface area contributed by atoms with Crippen molar-refractivity contribution in [2.75, 3.05) is 20.2 Å². The summed E-state index contributed by atoms with van der Waals surface area (Å²) < 4.78 is 4.93. The first-order valence-corrected chi connectivity index (χ1v) is 9.06. The van der Waals surface area contributed by atoms with Crippen LogP contribution < -0.4 is 15.4 Å².